The highest BCUT2D eigenvalue weighted by atomic mass is 32.2. The zero-order chi connectivity index (χ0) is 6.69. The summed E-state index contributed by atoms with van der Waals surface area (Å²) in [5.41, 5.74) is 0. The first-order chi connectivity index (χ1) is 4.38. The van der Waals surface area contributed by atoms with Gasteiger partial charge in [0.15, 0.2) is 0 Å². The van der Waals surface area contributed by atoms with E-state index in [1.165, 1.54) is 12.2 Å². The van der Waals surface area contributed by atoms with Crippen molar-refractivity contribution in [3.05, 3.63) is 0 Å². The first kappa shape index (κ1) is 6.95. The summed E-state index contributed by atoms with van der Waals surface area (Å²) < 4.78 is 0. The molecular formula is C7H11NS. The molecule has 1 heterocycles. The molecule has 0 bridgehead atoms. The van der Waals surface area contributed by atoms with E-state index in [4.69, 9.17) is 5.26 Å². The maximum Gasteiger partial charge on any atom is 0.0667 e. The van der Waals surface area contributed by atoms with Crippen LogP contribution in [0.15, 0.2) is 0 Å². The van der Waals surface area contributed by atoms with Crippen LogP contribution in [0, 0.1) is 17.2 Å². The highest BCUT2D eigenvalue weighted by molar-refractivity contribution is 8.01. The number of hydrogen-bond donors (Lipinski definition) is 0. The molecular weight excluding hydrogens is 130 g/mol. The van der Waals surface area contributed by atoms with Crippen LogP contribution in [-0.2, 0) is 0 Å². The molecule has 0 aromatic carbocycles. The van der Waals surface area contributed by atoms with Crippen LogP contribution >= 0.6 is 11.8 Å². The van der Waals surface area contributed by atoms with Crippen LogP contribution < -0.4 is 0 Å². The zero-order valence-electron chi connectivity index (χ0n) is 5.63. The Labute approximate surface area is 60.4 Å². The molecule has 50 valence electrons. The Morgan fingerprint density at radius 1 is 1.89 bits per heavy atom. The fourth-order valence-electron chi connectivity index (χ4n) is 1.01. The summed E-state index contributed by atoms with van der Waals surface area (Å²) >= 11 is 1.94. The van der Waals surface area contributed by atoms with Gasteiger partial charge in [0.25, 0.3) is 0 Å². The number of rotatable bonds is 2. The van der Waals surface area contributed by atoms with E-state index in [0.29, 0.717) is 11.2 Å². The molecule has 1 saturated heterocycles. The van der Waals surface area contributed by atoms with Crippen LogP contribution in [0.4, 0.5) is 0 Å². The van der Waals surface area contributed by atoms with Gasteiger partial charge in [-0.1, -0.05) is 6.92 Å². The molecule has 0 N–H and O–H groups in total. The average Bonchev–Trinajstić information content (AvgIpc) is 1.78. The predicted octanol–water partition coefficient (Wildman–Crippen LogP) is 2.04. The van der Waals surface area contributed by atoms with E-state index in [-0.39, 0.29) is 0 Å². The topological polar surface area (TPSA) is 23.8 Å². The predicted molar refractivity (Wildman–Crippen MR) is 40.3 cm³/mol. The Morgan fingerprint density at radius 3 is 2.67 bits per heavy atom. The minimum Gasteiger partial charge on any atom is -0.198 e. The summed E-state index contributed by atoms with van der Waals surface area (Å²) in [4.78, 5) is 0. The molecule has 1 rings (SSSR count). The molecule has 2 atom stereocenters. The van der Waals surface area contributed by atoms with Crippen molar-refractivity contribution >= 4 is 11.8 Å². The van der Waals surface area contributed by atoms with Crippen LogP contribution in [0.25, 0.3) is 0 Å². The van der Waals surface area contributed by atoms with Gasteiger partial charge < -0.3 is 0 Å². The van der Waals surface area contributed by atoms with Crippen LogP contribution in [0.2, 0.25) is 0 Å². The molecule has 9 heavy (non-hydrogen) atoms. The Morgan fingerprint density at radius 2 is 2.56 bits per heavy atom. The number of hydrogen-bond acceptors (Lipinski definition) is 2. The summed E-state index contributed by atoms with van der Waals surface area (Å²) in [7, 11) is 0. The smallest absolute Gasteiger partial charge is 0.0667 e. The molecule has 2 heteroatoms. The molecule has 1 fully saturated rings. The second-order valence-corrected chi connectivity index (χ2v) is 3.69. The van der Waals surface area contributed by atoms with Crippen molar-refractivity contribution < 1.29 is 0 Å². The lowest BCUT2D eigenvalue weighted by Gasteiger charge is -2.28. The van der Waals surface area contributed by atoms with E-state index in [9.17, 15) is 0 Å². The number of nitrogens with zero attached hydrogens (tertiary/aromatic N) is 1. The van der Waals surface area contributed by atoms with E-state index in [1.807, 2.05) is 11.8 Å². The Kier molecular flexibility index (Phi) is 2.41. The monoisotopic (exact) mass is 141 g/mol. The Bertz CT molecular complexity index is 123. The van der Waals surface area contributed by atoms with Crippen molar-refractivity contribution in [1.82, 2.24) is 0 Å². The fourth-order valence-corrected chi connectivity index (χ4v) is 2.00. The van der Waals surface area contributed by atoms with Crippen LogP contribution in [0.5, 0.6) is 0 Å². The van der Waals surface area contributed by atoms with Crippen molar-refractivity contribution in [2.24, 2.45) is 5.92 Å². The van der Waals surface area contributed by atoms with Gasteiger partial charge in [0.1, 0.15) is 0 Å². The summed E-state index contributed by atoms with van der Waals surface area (Å²) in [6.07, 6.45) is 2.28. The normalized spacial score (nSPS) is 28.2. The highest BCUT2D eigenvalue weighted by Crippen LogP contribution is 2.34. The van der Waals surface area contributed by atoms with Gasteiger partial charge in [0.2, 0.25) is 0 Å². The molecule has 0 spiro atoms. The lowest BCUT2D eigenvalue weighted by atomic mass is 10.0. The molecule has 0 aromatic heterocycles. The van der Waals surface area contributed by atoms with E-state index in [0.717, 1.165) is 6.42 Å². The molecule has 0 saturated carbocycles. The summed E-state index contributed by atoms with van der Waals surface area (Å²) in [6, 6.07) is 2.33. The van der Waals surface area contributed by atoms with E-state index < -0.39 is 0 Å². The fraction of sp³-hybridized carbons (Fsp3) is 0.857. The first-order valence-corrected chi connectivity index (χ1v) is 4.44. The Hall–Kier alpha value is -0.160. The van der Waals surface area contributed by atoms with E-state index in [2.05, 4.69) is 13.0 Å². The van der Waals surface area contributed by atoms with Crippen molar-refractivity contribution in [1.29, 1.82) is 5.26 Å². The second-order valence-electron chi connectivity index (χ2n) is 2.34. The zero-order valence-corrected chi connectivity index (χ0v) is 6.45. The molecule has 0 aliphatic carbocycles. The molecule has 0 radical (unpaired) electrons. The summed E-state index contributed by atoms with van der Waals surface area (Å²) in [5.74, 6) is 1.59. The van der Waals surface area contributed by atoms with Crippen molar-refractivity contribution in [3.63, 3.8) is 0 Å². The van der Waals surface area contributed by atoms with Gasteiger partial charge in [-0.3, -0.25) is 0 Å². The minimum atomic E-state index is 0.323. The average molecular weight is 141 g/mol. The first-order valence-electron chi connectivity index (χ1n) is 3.39. The maximum absolute atomic E-state index is 8.60. The van der Waals surface area contributed by atoms with E-state index in [1.54, 1.807) is 0 Å². The van der Waals surface area contributed by atoms with Crippen molar-refractivity contribution in [2.45, 2.75) is 25.0 Å². The van der Waals surface area contributed by atoms with Crippen LogP contribution in [0.3, 0.4) is 0 Å². The minimum absolute atomic E-state index is 0.323. The lowest BCUT2D eigenvalue weighted by molar-refractivity contribution is 0.572. The van der Waals surface area contributed by atoms with Gasteiger partial charge in [0.05, 0.1) is 12.0 Å². The van der Waals surface area contributed by atoms with Gasteiger partial charge in [-0.05, 0) is 18.6 Å². The summed E-state index contributed by atoms with van der Waals surface area (Å²) in [5, 5.41) is 9.26. The largest absolute Gasteiger partial charge is 0.198 e. The highest BCUT2D eigenvalue weighted by Gasteiger charge is 2.26. The molecule has 1 aliphatic rings. The number of nitriles is 1. The number of thioether (sulfide) groups is 1. The lowest BCUT2D eigenvalue weighted by Crippen LogP contribution is -2.24. The second kappa shape index (κ2) is 3.12. The third-order valence-corrected chi connectivity index (χ3v) is 3.25. The van der Waals surface area contributed by atoms with Gasteiger partial charge in [-0.15, -0.1) is 0 Å². The third-order valence-electron chi connectivity index (χ3n) is 1.79. The molecule has 1 nitrogen and oxygen atoms in total. The molecule has 0 amide bonds. The molecule has 1 aliphatic heterocycles. The maximum atomic E-state index is 8.60. The van der Waals surface area contributed by atoms with Crippen molar-refractivity contribution in [3.8, 4) is 6.07 Å². The summed E-state index contributed by atoms with van der Waals surface area (Å²) in [6.45, 7) is 2.09. The van der Waals surface area contributed by atoms with Gasteiger partial charge in [-0.2, -0.15) is 17.0 Å². The van der Waals surface area contributed by atoms with Gasteiger partial charge in [-0.25, -0.2) is 0 Å². The molecule has 2 unspecified atom stereocenters. The van der Waals surface area contributed by atoms with Crippen LogP contribution in [-0.4, -0.2) is 11.0 Å². The van der Waals surface area contributed by atoms with Gasteiger partial charge >= 0.3 is 0 Å². The molecule has 0 aromatic rings. The standard InChI is InChI=1S/C7H11NS/c1-2-6(5-8)7-3-4-9-7/h6-7H,2-4H2,1H3. The van der Waals surface area contributed by atoms with E-state index >= 15 is 0 Å². The van der Waals surface area contributed by atoms with Gasteiger partial charge in [0, 0.05) is 5.25 Å². The third kappa shape index (κ3) is 1.40. The van der Waals surface area contributed by atoms with Crippen LogP contribution in [0.1, 0.15) is 19.8 Å². The SMILES string of the molecule is CCC(C#N)C1CCS1. The Balaban J connectivity index is 2.30. The quantitative estimate of drug-likeness (QED) is 0.587. The van der Waals surface area contributed by atoms with Crippen molar-refractivity contribution in [2.75, 3.05) is 5.75 Å².